The van der Waals surface area contributed by atoms with E-state index >= 15 is 0 Å². The molecule has 0 aromatic heterocycles. The second-order valence-electron chi connectivity index (χ2n) is 11.3. The van der Waals surface area contributed by atoms with Crippen LogP contribution in [-0.2, 0) is 11.3 Å². The van der Waals surface area contributed by atoms with Gasteiger partial charge in [-0.05, 0) is 89.2 Å². The van der Waals surface area contributed by atoms with E-state index in [0.717, 1.165) is 49.5 Å². The lowest BCUT2D eigenvalue weighted by molar-refractivity contribution is -0.130. The molecule has 206 valence electrons. The summed E-state index contributed by atoms with van der Waals surface area (Å²) in [6.45, 7) is 11.1. The standard InChI is InChI=1S/C30H41N3O5/c1-22-7-12-26(23(2)19-22)38-21-30(36)13-5-15-32(17-14-30)20-24-8-10-25(11-9-24)37-18-6-16-33-27(34)29(3,4)31-28(33)35/h7-12,19,36H,5-6,13-18,20-21H2,1-4H3,(H,31,35)/t30-/m1/s1. The number of ether oxygens (including phenoxy) is 2. The lowest BCUT2D eigenvalue weighted by Crippen LogP contribution is -2.40. The van der Waals surface area contributed by atoms with Crippen LogP contribution in [0.4, 0.5) is 4.79 Å². The minimum absolute atomic E-state index is 0.201. The van der Waals surface area contributed by atoms with Crippen molar-refractivity contribution in [2.45, 2.75) is 71.1 Å². The van der Waals surface area contributed by atoms with E-state index < -0.39 is 11.1 Å². The molecule has 2 heterocycles. The van der Waals surface area contributed by atoms with Crippen LogP contribution in [-0.4, -0.2) is 70.8 Å². The lowest BCUT2D eigenvalue weighted by Gasteiger charge is -2.27. The molecule has 0 aliphatic carbocycles. The van der Waals surface area contributed by atoms with Crippen LogP contribution >= 0.6 is 0 Å². The van der Waals surface area contributed by atoms with Crippen molar-refractivity contribution < 1.29 is 24.2 Å². The molecule has 2 fully saturated rings. The van der Waals surface area contributed by atoms with Crippen LogP contribution in [0.5, 0.6) is 11.5 Å². The number of nitrogens with one attached hydrogen (secondary N) is 1. The molecule has 0 saturated carbocycles. The molecule has 2 N–H and O–H groups in total. The minimum atomic E-state index is -0.839. The number of imide groups is 1. The molecule has 2 saturated heterocycles. The number of likely N-dealkylation sites (tertiary alicyclic amines) is 1. The van der Waals surface area contributed by atoms with Gasteiger partial charge in [0.2, 0.25) is 0 Å². The zero-order valence-corrected chi connectivity index (χ0v) is 23.1. The van der Waals surface area contributed by atoms with E-state index in [1.54, 1.807) is 13.8 Å². The topological polar surface area (TPSA) is 91.3 Å². The van der Waals surface area contributed by atoms with Crippen LogP contribution in [0, 0.1) is 13.8 Å². The number of hydrogen-bond acceptors (Lipinski definition) is 6. The van der Waals surface area contributed by atoms with Crippen LogP contribution < -0.4 is 14.8 Å². The number of urea groups is 1. The van der Waals surface area contributed by atoms with Crippen molar-refractivity contribution in [3.63, 3.8) is 0 Å². The van der Waals surface area contributed by atoms with Gasteiger partial charge in [0.15, 0.2) is 0 Å². The predicted octanol–water partition coefficient (Wildman–Crippen LogP) is 4.20. The minimum Gasteiger partial charge on any atom is -0.494 e. The molecule has 0 radical (unpaired) electrons. The first-order valence-electron chi connectivity index (χ1n) is 13.6. The Morgan fingerprint density at radius 2 is 1.76 bits per heavy atom. The fourth-order valence-electron chi connectivity index (χ4n) is 5.09. The summed E-state index contributed by atoms with van der Waals surface area (Å²) in [6, 6.07) is 13.8. The van der Waals surface area contributed by atoms with Gasteiger partial charge in [-0.15, -0.1) is 0 Å². The van der Waals surface area contributed by atoms with E-state index in [0.29, 0.717) is 32.6 Å². The molecule has 2 aliphatic rings. The molecule has 0 unspecified atom stereocenters. The average Bonchev–Trinajstić information content (AvgIpc) is 2.97. The molecular formula is C30H41N3O5. The number of benzene rings is 2. The number of nitrogens with zero attached hydrogens (tertiary/aromatic N) is 2. The summed E-state index contributed by atoms with van der Waals surface area (Å²) >= 11 is 0. The SMILES string of the molecule is Cc1ccc(OC[C@@]2(O)CCCN(Cc3ccc(OCCCN4C(=O)NC(C)(C)C4=O)cc3)CC2)c(C)c1. The molecule has 2 aromatic carbocycles. The van der Waals surface area contributed by atoms with Crippen molar-refractivity contribution in [3.05, 3.63) is 59.2 Å². The largest absolute Gasteiger partial charge is 0.494 e. The molecule has 2 aromatic rings. The lowest BCUT2D eigenvalue weighted by atomic mass is 9.96. The fourth-order valence-corrected chi connectivity index (χ4v) is 5.09. The highest BCUT2D eigenvalue weighted by atomic mass is 16.5. The Kier molecular flexibility index (Phi) is 8.63. The second-order valence-corrected chi connectivity index (χ2v) is 11.3. The van der Waals surface area contributed by atoms with E-state index in [1.165, 1.54) is 16.0 Å². The quantitative estimate of drug-likeness (QED) is 0.358. The fraction of sp³-hybridized carbons (Fsp3) is 0.533. The van der Waals surface area contributed by atoms with Gasteiger partial charge in [-0.1, -0.05) is 29.8 Å². The van der Waals surface area contributed by atoms with Gasteiger partial charge in [0.1, 0.15) is 23.6 Å². The van der Waals surface area contributed by atoms with Crippen molar-refractivity contribution in [3.8, 4) is 11.5 Å². The van der Waals surface area contributed by atoms with Crippen LogP contribution in [0.15, 0.2) is 42.5 Å². The summed E-state index contributed by atoms with van der Waals surface area (Å²) in [7, 11) is 0. The summed E-state index contributed by atoms with van der Waals surface area (Å²) in [5.41, 5.74) is 1.83. The van der Waals surface area contributed by atoms with Gasteiger partial charge in [0.05, 0.1) is 12.2 Å². The highest BCUT2D eigenvalue weighted by Gasteiger charge is 2.43. The monoisotopic (exact) mass is 523 g/mol. The van der Waals surface area contributed by atoms with Gasteiger partial charge >= 0.3 is 6.03 Å². The van der Waals surface area contributed by atoms with Crippen molar-refractivity contribution in [2.24, 2.45) is 0 Å². The molecule has 0 spiro atoms. The summed E-state index contributed by atoms with van der Waals surface area (Å²) in [4.78, 5) is 27.9. The summed E-state index contributed by atoms with van der Waals surface area (Å²) < 4.78 is 11.9. The summed E-state index contributed by atoms with van der Waals surface area (Å²) in [5, 5.41) is 13.9. The maximum atomic E-state index is 12.3. The van der Waals surface area contributed by atoms with Crippen molar-refractivity contribution in [1.29, 1.82) is 0 Å². The maximum Gasteiger partial charge on any atom is 0.325 e. The van der Waals surface area contributed by atoms with Crippen LogP contribution in [0.1, 0.15) is 56.2 Å². The number of hydrogen-bond donors (Lipinski definition) is 2. The molecule has 4 rings (SSSR count). The molecule has 0 bridgehead atoms. The molecule has 8 heteroatoms. The van der Waals surface area contributed by atoms with Crippen molar-refractivity contribution in [2.75, 3.05) is 32.8 Å². The molecule has 8 nitrogen and oxygen atoms in total. The van der Waals surface area contributed by atoms with E-state index in [4.69, 9.17) is 9.47 Å². The molecule has 3 amide bonds. The highest BCUT2D eigenvalue weighted by molar-refractivity contribution is 6.06. The Morgan fingerprint density at radius 1 is 1.00 bits per heavy atom. The van der Waals surface area contributed by atoms with E-state index in [2.05, 4.69) is 35.3 Å². The summed E-state index contributed by atoms with van der Waals surface area (Å²) in [6.07, 6.45) is 2.89. The van der Waals surface area contributed by atoms with Crippen molar-refractivity contribution >= 4 is 11.9 Å². The normalized spacial score (nSPS) is 21.8. The number of carbonyl (C=O) groups excluding carboxylic acids is 2. The zero-order chi connectivity index (χ0) is 27.3. The van der Waals surface area contributed by atoms with Gasteiger partial charge in [0.25, 0.3) is 5.91 Å². The molecule has 2 aliphatic heterocycles. The first kappa shape index (κ1) is 27.9. The number of carbonyl (C=O) groups is 2. The van der Waals surface area contributed by atoms with Gasteiger partial charge in [-0.3, -0.25) is 14.6 Å². The molecule has 1 atom stereocenters. The Labute approximate surface area is 225 Å². The number of amides is 3. The number of rotatable bonds is 10. The third kappa shape index (κ3) is 7.05. The van der Waals surface area contributed by atoms with Crippen LogP contribution in [0.2, 0.25) is 0 Å². The van der Waals surface area contributed by atoms with E-state index in [-0.39, 0.29) is 11.9 Å². The third-order valence-electron chi connectivity index (χ3n) is 7.41. The van der Waals surface area contributed by atoms with Crippen molar-refractivity contribution in [1.82, 2.24) is 15.1 Å². The molecule has 38 heavy (non-hydrogen) atoms. The predicted molar refractivity (Wildman–Crippen MR) is 146 cm³/mol. The number of aliphatic hydroxyl groups is 1. The van der Waals surface area contributed by atoms with Gasteiger partial charge in [0, 0.05) is 19.6 Å². The first-order valence-corrected chi connectivity index (χ1v) is 13.6. The van der Waals surface area contributed by atoms with Gasteiger partial charge in [-0.2, -0.15) is 0 Å². The summed E-state index contributed by atoms with van der Waals surface area (Å²) in [5.74, 6) is 1.40. The van der Waals surface area contributed by atoms with E-state index in [1.807, 2.05) is 31.2 Å². The zero-order valence-electron chi connectivity index (χ0n) is 23.1. The first-order chi connectivity index (χ1) is 18.0. The maximum absolute atomic E-state index is 12.3. The third-order valence-corrected chi connectivity index (χ3v) is 7.41. The average molecular weight is 524 g/mol. The Morgan fingerprint density at radius 3 is 2.45 bits per heavy atom. The Hall–Kier alpha value is -3.10. The second kappa shape index (κ2) is 11.7. The van der Waals surface area contributed by atoms with Gasteiger partial charge < -0.3 is 19.9 Å². The van der Waals surface area contributed by atoms with Gasteiger partial charge in [-0.25, -0.2) is 4.79 Å². The van der Waals surface area contributed by atoms with E-state index in [9.17, 15) is 14.7 Å². The highest BCUT2D eigenvalue weighted by Crippen LogP contribution is 2.27. The Balaban J connectivity index is 1.19. The Bertz CT molecular complexity index is 1130. The van der Waals surface area contributed by atoms with Crippen LogP contribution in [0.3, 0.4) is 0 Å². The number of aryl methyl sites for hydroxylation is 2. The smallest absolute Gasteiger partial charge is 0.325 e. The van der Waals surface area contributed by atoms with Crippen LogP contribution in [0.25, 0.3) is 0 Å². The molecular weight excluding hydrogens is 482 g/mol.